The van der Waals surface area contributed by atoms with E-state index in [0.29, 0.717) is 0 Å². The van der Waals surface area contributed by atoms with Gasteiger partial charge in [0.15, 0.2) is 0 Å². The van der Waals surface area contributed by atoms with Gasteiger partial charge in [0.2, 0.25) is 0 Å². The van der Waals surface area contributed by atoms with E-state index in [4.69, 9.17) is 4.43 Å². The normalized spacial score (nSPS) is 10.9. The molecule has 0 aliphatic heterocycles. The topological polar surface area (TPSA) is 9.23 Å². The first kappa shape index (κ1) is 14.3. The molecular weight excluding hydrogens is 260 g/mol. The number of hydrogen-bond acceptors (Lipinski definition) is 1. The molecule has 2 heteroatoms. The Morgan fingerprint density at radius 1 is 0.800 bits per heavy atom. The summed E-state index contributed by atoms with van der Waals surface area (Å²) in [5.74, 6) is 0.864. The third kappa shape index (κ3) is 2.91. The van der Waals surface area contributed by atoms with Crippen LogP contribution in [0.25, 0.3) is 0 Å². The summed E-state index contributed by atoms with van der Waals surface area (Å²) < 4.78 is 6.28. The van der Waals surface area contributed by atoms with E-state index in [1.54, 1.807) is 0 Å². The van der Waals surface area contributed by atoms with E-state index >= 15 is 0 Å². The predicted octanol–water partition coefficient (Wildman–Crippen LogP) is 3.99. The van der Waals surface area contributed by atoms with Gasteiger partial charge in [-0.3, -0.25) is 0 Å². The molecule has 0 aliphatic carbocycles. The van der Waals surface area contributed by atoms with Gasteiger partial charge in [-0.05, 0) is 31.2 Å². The first-order valence-electron chi connectivity index (χ1n) is 6.69. The van der Waals surface area contributed by atoms with Crippen LogP contribution >= 0.6 is 0 Å². The van der Waals surface area contributed by atoms with Gasteiger partial charge in [-0.2, -0.15) is 0 Å². The lowest BCUT2D eigenvalue weighted by Gasteiger charge is -2.26. The third-order valence-electron chi connectivity index (χ3n) is 3.42. The van der Waals surface area contributed by atoms with Crippen LogP contribution in [0.3, 0.4) is 0 Å². The summed E-state index contributed by atoms with van der Waals surface area (Å²) in [6.45, 7) is 12.1. The lowest BCUT2D eigenvalue weighted by atomic mass is 10.2. The average Bonchev–Trinajstić information content (AvgIpc) is 2.48. The van der Waals surface area contributed by atoms with Crippen LogP contribution in [0, 0.1) is 13.8 Å². The predicted molar refractivity (Wildman–Crippen MR) is 88.8 cm³/mol. The van der Waals surface area contributed by atoms with Crippen molar-refractivity contribution in [3.05, 3.63) is 84.2 Å². The molecule has 0 aliphatic rings. The van der Waals surface area contributed by atoms with Crippen LogP contribution in [-0.2, 0) is 0 Å². The summed E-state index contributed by atoms with van der Waals surface area (Å²) >= 11 is 0. The molecular formula is C18H20OSi. The van der Waals surface area contributed by atoms with Crippen molar-refractivity contribution < 1.29 is 4.43 Å². The summed E-state index contributed by atoms with van der Waals surface area (Å²) in [7, 11) is -2.37. The second kappa shape index (κ2) is 5.93. The molecule has 0 heterocycles. The molecule has 0 unspecified atom stereocenters. The van der Waals surface area contributed by atoms with Crippen molar-refractivity contribution in [2.24, 2.45) is 0 Å². The van der Waals surface area contributed by atoms with Gasteiger partial charge in [0, 0.05) is 0 Å². The second-order valence-corrected chi connectivity index (χ2v) is 8.17. The zero-order chi connectivity index (χ0) is 14.6. The fraction of sp³-hybridized carbons (Fsp3) is 0.111. The van der Waals surface area contributed by atoms with Crippen LogP contribution in [-0.4, -0.2) is 8.32 Å². The van der Waals surface area contributed by atoms with Gasteiger partial charge in [0.05, 0.1) is 0 Å². The maximum absolute atomic E-state index is 6.28. The quantitative estimate of drug-likeness (QED) is 0.753. The Balaban J connectivity index is 2.38. The first-order chi connectivity index (χ1) is 9.59. The molecule has 0 bridgehead atoms. The summed E-state index contributed by atoms with van der Waals surface area (Å²) in [6.07, 6.45) is 0. The van der Waals surface area contributed by atoms with E-state index in [0.717, 1.165) is 10.9 Å². The largest absolute Gasteiger partial charge is 0.531 e. The minimum absolute atomic E-state index is 0.864. The Kier molecular flexibility index (Phi) is 4.25. The molecule has 2 rings (SSSR count). The monoisotopic (exact) mass is 280 g/mol. The molecule has 1 nitrogen and oxygen atoms in total. The van der Waals surface area contributed by atoms with Gasteiger partial charge in [0.1, 0.15) is 5.75 Å². The molecule has 102 valence electrons. The van der Waals surface area contributed by atoms with E-state index in [9.17, 15) is 0 Å². The van der Waals surface area contributed by atoms with Crippen LogP contribution in [0.15, 0.2) is 73.1 Å². The number of aryl methyl sites for hydroxylation is 2. The standard InChI is InChI=1S/C18H20OSi/c1-5-20(6-2,18-13-9-16(4)10-14-18)19-17-11-7-15(3)8-12-17/h5-14H,1-2H2,3-4H3. The molecule has 0 saturated carbocycles. The fourth-order valence-electron chi connectivity index (χ4n) is 2.08. The number of rotatable bonds is 5. The molecule has 0 spiro atoms. The molecule has 2 aromatic carbocycles. The van der Waals surface area contributed by atoms with Gasteiger partial charge < -0.3 is 4.43 Å². The van der Waals surface area contributed by atoms with Gasteiger partial charge in [-0.25, -0.2) is 0 Å². The molecule has 0 fully saturated rings. The summed E-state index contributed by atoms with van der Waals surface area (Å²) in [6, 6.07) is 16.5. The van der Waals surface area contributed by atoms with Crippen molar-refractivity contribution in [1.29, 1.82) is 0 Å². The van der Waals surface area contributed by atoms with Crippen molar-refractivity contribution in [3.8, 4) is 5.75 Å². The smallest absolute Gasteiger partial charge is 0.331 e. The minimum atomic E-state index is -2.37. The van der Waals surface area contributed by atoms with Crippen molar-refractivity contribution >= 4 is 13.5 Å². The van der Waals surface area contributed by atoms with Crippen molar-refractivity contribution in [2.45, 2.75) is 13.8 Å². The Bertz CT molecular complexity index is 588. The Hall–Kier alpha value is -2.06. The number of hydrogen-bond donors (Lipinski definition) is 0. The summed E-state index contributed by atoms with van der Waals surface area (Å²) in [5, 5.41) is 1.16. The van der Waals surface area contributed by atoms with E-state index in [1.807, 2.05) is 23.5 Å². The highest BCUT2D eigenvalue weighted by molar-refractivity contribution is 6.95. The Morgan fingerprint density at radius 3 is 1.70 bits per heavy atom. The molecule has 0 N–H and O–H groups in total. The van der Waals surface area contributed by atoms with Crippen LogP contribution in [0.1, 0.15) is 11.1 Å². The number of benzene rings is 2. The lowest BCUT2D eigenvalue weighted by Crippen LogP contribution is -2.50. The second-order valence-electron chi connectivity index (χ2n) is 4.98. The molecule has 0 amide bonds. The molecule has 20 heavy (non-hydrogen) atoms. The molecule has 0 atom stereocenters. The van der Waals surface area contributed by atoms with Crippen molar-refractivity contribution in [3.63, 3.8) is 0 Å². The van der Waals surface area contributed by atoms with E-state index in [1.165, 1.54) is 11.1 Å². The highest BCUT2D eigenvalue weighted by atomic mass is 28.4. The van der Waals surface area contributed by atoms with E-state index in [-0.39, 0.29) is 0 Å². The zero-order valence-corrected chi connectivity index (χ0v) is 13.1. The molecule has 0 radical (unpaired) electrons. The van der Waals surface area contributed by atoms with Crippen LogP contribution in [0.2, 0.25) is 0 Å². The molecule has 0 aromatic heterocycles. The Labute approximate surface area is 122 Å². The van der Waals surface area contributed by atoms with E-state index < -0.39 is 8.32 Å². The fourth-order valence-corrected chi connectivity index (χ4v) is 4.21. The van der Waals surface area contributed by atoms with Gasteiger partial charge in [0.25, 0.3) is 0 Å². The maximum atomic E-state index is 6.28. The first-order valence-corrected chi connectivity index (χ1v) is 8.76. The zero-order valence-electron chi connectivity index (χ0n) is 12.1. The van der Waals surface area contributed by atoms with Crippen LogP contribution in [0.4, 0.5) is 0 Å². The highest BCUT2D eigenvalue weighted by Gasteiger charge is 2.32. The molecule has 2 aromatic rings. The molecule has 0 saturated heterocycles. The van der Waals surface area contributed by atoms with Crippen molar-refractivity contribution in [2.75, 3.05) is 0 Å². The maximum Gasteiger partial charge on any atom is 0.331 e. The van der Waals surface area contributed by atoms with Crippen LogP contribution < -0.4 is 9.61 Å². The highest BCUT2D eigenvalue weighted by Crippen LogP contribution is 2.18. The lowest BCUT2D eigenvalue weighted by molar-refractivity contribution is 0.575. The third-order valence-corrected chi connectivity index (χ3v) is 6.44. The van der Waals surface area contributed by atoms with Gasteiger partial charge >= 0.3 is 8.32 Å². The van der Waals surface area contributed by atoms with Crippen LogP contribution in [0.5, 0.6) is 5.75 Å². The van der Waals surface area contributed by atoms with Gasteiger partial charge in [-0.1, -0.05) is 58.9 Å². The Morgan fingerprint density at radius 2 is 1.25 bits per heavy atom. The SMILES string of the molecule is C=C[Si](C=C)(Oc1ccc(C)cc1)c1ccc(C)cc1. The van der Waals surface area contributed by atoms with E-state index in [2.05, 4.69) is 63.4 Å². The summed E-state index contributed by atoms with van der Waals surface area (Å²) in [5.41, 5.74) is 6.30. The minimum Gasteiger partial charge on any atom is -0.531 e. The van der Waals surface area contributed by atoms with Gasteiger partial charge in [-0.15, -0.1) is 13.2 Å². The van der Waals surface area contributed by atoms with Crippen molar-refractivity contribution in [1.82, 2.24) is 0 Å². The summed E-state index contributed by atoms with van der Waals surface area (Å²) in [4.78, 5) is 0. The average molecular weight is 280 g/mol.